The van der Waals surface area contributed by atoms with Gasteiger partial charge < -0.3 is 10.1 Å². The van der Waals surface area contributed by atoms with Crippen molar-refractivity contribution in [1.29, 1.82) is 0 Å². The van der Waals surface area contributed by atoms with Crippen molar-refractivity contribution in [2.75, 3.05) is 6.54 Å². The summed E-state index contributed by atoms with van der Waals surface area (Å²) in [4.78, 5) is 11.3. The molecule has 1 aromatic carbocycles. The van der Waals surface area contributed by atoms with Gasteiger partial charge in [0.25, 0.3) is 5.92 Å². The number of carbonyl (C=O) groups excluding carboxylic acids is 1. The minimum absolute atomic E-state index is 0.160. The summed E-state index contributed by atoms with van der Waals surface area (Å²) in [7, 11) is 0. The molecule has 19 heavy (non-hydrogen) atoms. The molecule has 0 aliphatic heterocycles. The van der Waals surface area contributed by atoms with Crippen LogP contribution in [0.15, 0.2) is 28.7 Å². The van der Waals surface area contributed by atoms with E-state index in [2.05, 4.69) is 21.2 Å². The van der Waals surface area contributed by atoms with Crippen LogP contribution in [0.3, 0.4) is 0 Å². The third kappa shape index (κ3) is 5.55. The lowest BCUT2D eigenvalue weighted by molar-refractivity contribution is -0.00913. The van der Waals surface area contributed by atoms with Gasteiger partial charge in [-0.1, -0.05) is 28.1 Å². The maximum absolute atomic E-state index is 13.8. The van der Waals surface area contributed by atoms with E-state index in [1.807, 2.05) is 0 Å². The summed E-state index contributed by atoms with van der Waals surface area (Å²) in [5, 5.41) is 2.07. The van der Waals surface area contributed by atoms with Crippen LogP contribution in [-0.4, -0.2) is 18.2 Å². The second kappa shape index (κ2) is 5.86. The van der Waals surface area contributed by atoms with Gasteiger partial charge in [0.1, 0.15) is 5.60 Å². The van der Waals surface area contributed by atoms with Crippen molar-refractivity contribution in [3.8, 4) is 0 Å². The highest BCUT2D eigenvalue weighted by Gasteiger charge is 2.32. The Morgan fingerprint density at radius 2 is 1.79 bits per heavy atom. The highest BCUT2D eigenvalue weighted by Crippen LogP contribution is 2.28. The number of alkyl carbamates (subject to hydrolysis) is 1. The largest absolute Gasteiger partial charge is 0.444 e. The van der Waals surface area contributed by atoms with Crippen molar-refractivity contribution in [3.05, 3.63) is 34.3 Å². The van der Waals surface area contributed by atoms with E-state index in [0.29, 0.717) is 4.47 Å². The normalized spacial score (nSPS) is 12.1. The zero-order valence-electron chi connectivity index (χ0n) is 11.0. The van der Waals surface area contributed by atoms with E-state index in [1.165, 1.54) is 24.3 Å². The number of amides is 1. The standard InChI is InChI=1S/C13H16BrF2NO2/c1-12(2,3)19-11(18)17-8-13(15,16)9-4-6-10(14)7-5-9/h4-7H,8H2,1-3H3,(H,17,18). The SMILES string of the molecule is CC(C)(C)OC(=O)NCC(F)(F)c1ccc(Br)cc1. The van der Waals surface area contributed by atoms with E-state index >= 15 is 0 Å². The first-order valence-electron chi connectivity index (χ1n) is 5.71. The summed E-state index contributed by atoms with van der Waals surface area (Å²) in [6, 6.07) is 5.66. The lowest BCUT2D eigenvalue weighted by Crippen LogP contribution is -2.38. The van der Waals surface area contributed by atoms with Crippen LogP contribution in [0.4, 0.5) is 13.6 Å². The Kier molecular flexibility index (Phi) is 4.90. The second-order valence-electron chi connectivity index (χ2n) is 5.07. The van der Waals surface area contributed by atoms with Crippen LogP contribution in [0.25, 0.3) is 0 Å². The van der Waals surface area contributed by atoms with Crippen molar-refractivity contribution in [3.63, 3.8) is 0 Å². The fourth-order valence-electron chi connectivity index (χ4n) is 1.29. The molecule has 1 N–H and O–H groups in total. The molecule has 0 aromatic heterocycles. The molecule has 0 aliphatic carbocycles. The van der Waals surface area contributed by atoms with Crippen molar-refractivity contribution in [2.24, 2.45) is 0 Å². The number of rotatable bonds is 3. The molecular weight excluding hydrogens is 320 g/mol. The monoisotopic (exact) mass is 335 g/mol. The van der Waals surface area contributed by atoms with Crippen LogP contribution >= 0.6 is 15.9 Å². The number of hydrogen-bond acceptors (Lipinski definition) is 2. The molecule has 1 rings (SSSR count). The molecule has 0 saturated heterocycles. The van der Waals surface area contributed by atoms with Crippen LogP contribution < -0.4 is 5.32 Å². The Bertz CT molecular complexity index is 441. The maximum atomic E-state index is 13.8. The molecule has 0 aliphatic rings. The summed E-state index contributed by atoms with van der Waals surface area (Å²) in [6.07, 6.45) is -0.857. The molecule has 3 nitrogen and oxygen atoms in total. The number of hydrogen-bond donors (Lipinski definition) is 1. The first-order valence-corrected chi connectivity index (χ1v) is 6.50. The van der Waals surface area contributed by atoms with Gasteiger partial charge in [-0.05, 0) is 32.9 Å². The highest BCUT2D eigenvalue weighted by atomic mass is 79.9. The summed E-state index contributed by atoms with van der Waals surface area (Å²) >= 11 is 3.17. The average molecular weight is 336 g/mol. The van der Waals surface area contributed by atoms with Gasteiger partial charge in [0.05, 0.1) is 6.54 Å². The molecule has 0 spiro atoms. The van der Waals surface area contributed by atoms with E-state index in [4.69, 9.17) is 4.74 Å². The van der Waals surface area contributed by atoms with E-state index in [0.717, 1.165) is 0 Å². The van der Waals surface area contributed by atoms with Gasteiger partial charge >= 0.3 is 6.09 Å². The molecule has 6 heteroatoms. The highest BCUT2D eigenvalue weighted by molar-refractivity contribution is 9.10. The molecule has 0 bridgehead atoms. The molecule has 1 amide bonds. The summed E-state index contributed by atoms with van der Waals surface area (Å²) < 4.78 is 33.2. The van der Waals surface area contributed by atoms with Crippen molar-refractivity contribution in [1.82, 2.24) is 5.32 Å². The molecule has 0 unspecified atom stereocenters. The third-order valence-electron chi connectivity index (χ3n) is 2.12. The molecule has 0 atom stereocenters. The Labute approximate surface area is 119 Å². The Morgan fingerprint density at radius 3 is 2.26 bits per heavy atom. The number of nitrogens with one attached hydrogen (secondary N) is 1. The van der Waals surface area contributed by atoms with E-state index in [-0.39, 0.29) is 5.56 Å². The zero-order valence-corrected chi connectivity index (χ0v) is 12.6. The van der Waals surface area contributed by atoms with Crippen LogP contribution in [-0.2, 0) is 10.7 Å². The first-order chi connectivity index (χ1) is 8.60. The minimum atomic E-state index is -3.14. The lowest BCUT2D eigenvalue weighted by Gasteiger charge is -2.22. The molecule has 106 valence electrons. The molecule has 1 aromatic rings. The predicted molar refractivity (Wildman–Crippen MR) is 72.3 cm³/mol. The Balaban J connectivity index is 2.60. The third-order valence-corrected chi connectivity index (χ3v) is 2.65. The van der Waals surface area contributed by atoms with Gasteiger partial charge in [-0.25, -0.2) is 4.79 Å². The van der Waals surface area contributed by atoms with Crippen molar-refractivity contribution >= 4 is 22.0 Å². The molecule has 0 saturated carbocycles. The maximum Gasteiger partial charge on any atom is 0.407 e. The zero-order chi connectivity index (χ0) is 14.7. The van der Waals surface area contributed by atoms with Gasteiger partial charge in [0, 0.05) is 10.0 Å². The molecule has 0 fully saturated rings. The van der Waals surface area contributed by atoms with Crippen LogP contribution in [0.1, 0.15) is 26.3 Å². The van der Waals surface area contributed by atoms with Crippen molar-refractivity contribution in [2.45, 2.75) is 32.3 Å². The molecular formula is C13H16BrF2NO2. The number of alkyl halides is 2. The number of halogens is 3. The van der Waals surface area contributed by atoms with E-state index in [9.17, 15) is 13.6 Å². The predicted octanol–water partition coefficient (Wildman–Crippen LogP) is 4.07. The quantitative estimate of drug-likeness (QED) is 0.904. The second-order valence-corrected chi connectivity index (χ2v) is 5.98. The van der Waals surface area contributed by atoms with Gasteiger partial charge in [0.2, 0.25) is 0 Å². The number of benzene rings is 1. The van der Waals surface area contributed by atoms with Crippen LogP contribution in [0.2, 0.25) is 0 Å². The number of ether oxygens (including phenoxy) is 1. The smallest absolute Gasteiger partial charge is 0.407 e. The summed E-state index contributed by atoms with van der Waals surface area (Å²) in [5.74, 6) is -3.14. The fraction of sp³-hybridized carbons (Fsp3) is 0.462. The fourth-order valence-corrected chi connectivity index (χ4v) is 1.56. The lowest BCUT2D eigenvalue weighted by atomic mass is 10.1. The van der Waals surface area contributed by atoms with Gasteiger partial charge in [-0.3, -0.25) is 0 Å². The minimum Gasteiger partial charge on any atom is -0.444 e. The topological polar surface area (TPSA) is 38.3 Å². The van der Waals surface area contributed by atoms with Gasteiger partial charge in [-0.15, -0.1) is 0 Å². The molecule has 0 heterocycles. The molecule has 0 radical (unpaired) electrons. The van der Waals surface area contributed by atoms with Crippen LogP contribution in [0, 0.1) is 0 Å². The van der Waals surface area contributed by atoms with E-state index < -0.39 is 24.2 Å². The number of carbonyl (C=O) groups is 1. The Hall–Kier alpha value is -1.17. The first kappa shape index (κ1) is 15.9. The van der Waals surface area contributed by atoms with Gasteiger partial charge in [-0.2, -0.15) is 8.78 Å². The summed E-state index contributed by atoms with van der Waals surface area (Å²) in [6.45, 7) is 4.20. The van der Waals surface area contributed by atoms with Crippen LogP contribution in [0.5, 0.6) is 0 Å². The van der Waals surface area contributed by atoms with Gasteiger partial charge in [0.15, 0.2) is 0 Å². The summed E-state index contributed by atoms with van der Waals surface area (Å²) in [5.41, 5.74) is -0.872. The van der Waals surface area contributed by atoms with E-state index in [1.54, 1.807) is 20.8 Å². The van der Waals surface area contributed by atoms with Crippen molar-refractivity contribution < 1.29 is 18.3 Å². The average Bonchev–Trinajstić information content (AvgIpc) is 2.25. The Morgan fingerprint density at radius 1 is 1.26 bits per heavy atom.